The van der Waals surface area contributed by atoms with Crippen LogP contribution in [0.25, 0.3) is 0 Å². The molecule has 0 bridgehead atoms. The highest BCUT2D eigenvalue weighted by Crippen LogP contribution is 2.25. The predicted molar refractivity (Wildman–Crippen MR) is 80.0 cm³/mol. The molecule has 1 unspecified atom stereocenters. The maximum absolute atomic E-state index is 12.0. The van der Waals surface area contributed by atoms with Gasteiger partial charge in [0, 0.05) is 24.5 Å². The Morgan fingerprint density at radius 3 is 2.50 bits per heavy atom. The normalized spacial score (nSPS) is 19.3. The Morgan fingerprint density at radius 2 is 2.00 bits per heavy atom. The molecule has 114 valence electrons. The number of nitrogens with one attached hydrogen (secondary N) is 1. The van der Waals surface area contributed by atoms with Gasteiger partial charge in [-0.15, -0.1) is 0 Å². The first-order valence-corrected chi connectivity index (χ1v) is 8.10. The first-order chi connectivity index (χ1) is 9.32. The van der Waals surface area contributed by atoms with Gasteiger partial charge in [-0.1, -0.05) is 27.7 Å². The van der Waals surface area contributed by atoms with Crippen molar-refractivity contribution in [2.75, 3.05) is 12.4 Å². The van der Waals surface area contributed by atoms with E-state index in [1.807, 2.05) is 13.8 Å². The van der Waals surface area contributed by atoms with E-state index in [4.69, 9.17) is 0 Å². The van der Waals surface area contributed by atoms with Crippen molar-refractivity contribution < 1.29 is 14.4 Å². The summed E-state index contributed by atoms with van der Waals surface area (Å²) in [5.41, 5.74) is 0. The van der Waals surface area contributed by atoms with Gasteiger partial charge in [-0.2, -0.15) is 11.8 Å². The summed E-state index contributed by atoms with van der Waals surface area (Å²) in [6.45, 7) is 8.03. The Labute approximate surface area is 124 Å². The number of rotatable bonds is 7. The summed E-state index contributed by atoms with van der Waals surface area (Å²) in [5.74, 6) is 0.185. The van der Waals surface area contributed by atoms with E-state index in [9.17, 15) is 14.4 Å². The monoisotopic (exact) mass is 300 g/mol. The minimum Gasteiger partial charge on any atom is -0.338 e. The largest absolute Gasteiger partial charge is 0.338 e. The van der Waals surface area contributed by atoms with Crippen LogP contribution < -0.4 is 5.32 Å². The van der Waals surface area contributed by atoms with Crippen molar-refractivity contribution >= 4 is 29.5 Å². The Balaban J connectivity index is 2.36. The third-order valence-corrected chi connectivity index (χ3v) is 4.40. The summed E-state index contributed by atoms with van der Waals surface area (Å²) in [6, 6.07) is 0. The van der Waals surface area contributed by atoms with E-state index in [2.05, 4.69) is 19.2 Å². The highest BCUT2D eigenvalue weighted by molar-refractivity contribution is 7.99. The molecule has 0 aromatic rings. The number of carbonyl (C=O) groups excluding carboxylic acids is 3. The molecule has 0 aliphatic carbocycles. The van der Waals surface area contributed by atoms with E-state index in [0.717, 1.165) is 10.7 Å². The molecule has 0 aromatic heterocycles. The van der Waals surface area contributed by atoms with Crippen LogP contribution in [0, 0.1) is 11.8 Å². The number of carbonyl (C=O) groups is 3. The fourth-order valence-electron chi connectivity index (χ4n) is 2.04. The molecule has 1 aliphatic heterocycles. The molecule has 3 amide bonds. The van der Waals surface area contributed by atoms with Crippen molar-refractivity contribution in [3.63, 3.8) is 0 Å². The highest BCUT2D eigenvalue weighted by atomic mass is 32.2. The molecule has 5 nitrogen and oxygen atoms in total. The molecular formula is C14H24N2O3S. The Morgan fingerprint density at radius 1 is 1.35 bits per heavy atom. The summed E-state index contributed by atoms with van der Waals surface area (Å²) >= 11 is 1.71. The minimum absolute atomic E-state index is 0.00602. The molecule has 0 spiro atoms. The quantitative estimate of drug-likeness (QED) is 0.726. The van der Waals surface area contributed by atoms with Crippen molar-refractivity contribution in [3.05, 3.63) is 0 Å². The van der Waals surface area contributed by atoms with E-state index in [0.29, 0.717) is 11.7 Å². The lowest BCUT2D eigenvalue weighted by atomic mass is 9.94. The van der Waals surface area contributed by atoms with E-state index < -0.39 is 0 Å². The van der Waals surface area contributed by atoms with E-state index in [1.54, 1.807) is 11.8 Å². The summed E-state index contributed by atoms with van der Waals surface area (Å²) in [7, 11) is 0. The van der Waals surface area contributed by atoms with Crippen LogP contribution in [-0.2, 0) is 14.4 Å². The number of likely N-dealkylation sites (tertiary alicyclic amines) is 1. The second-order valence-corrected chi connectivity index (χ2v) is 7.33. The smallest absolute Gasteiger partial charge is 0.234 e. The summed E-state index contributed by atoms with van der Waals surface area (Å²) < 4.78 is 0. The van der Waals surface area contributed by atoms with Crippen LogP contribution in [0.5, 0.6) is 0 Å². The van der Waals surface area contributed by atoms with E-state index in [1.165, 1.54) is 0 Å². The minimum atomic E-state index is -0.240. The van der Waals surface area contributed by atoms with Crippen molar-refractivity contribution in [2.24, 2.45) is 11.8 Å². The van der Waals surface area contributed by atoms with Crippen molar-refractivity contribution in [1.29, 1.82) is 0 Å². The zero-order chi connectivity index (χ0) is 15.3. The second-order valence-electron chi connectivity index (χ2n) is 5.64. The Kier molecular flexibility index (Phi) is 6.52. The molecule has 6 heteroatoms. The number of hydrogen-bond acceptors (Lipinski definition) is 4. The Bertz CT molecular complexity index is 383. The maximum atomic E-state index is 12.0. The average Bonchev–Trinajstić information content (AvgIpc) is 2.62. The van der Waals surface area contributed by atoms with Gasteiger partial charge in [-0.25, -0.2) is 0 Å². The lowest BCUT2D eigenvalue weighted by Gasteiger charge is -2.17. The van der Waals surface area contributed by atoms with Crippen molar-refractivity contribution in [2.45, 2.75) is 45.8 Å². The first kappa shape index (κ1) is 17.0. The molecule has 1 N–H and O–H groups in total. The van der Waals surface area contributed by atoms with Gasteiger partial charge in [-0.3, -0.25) is 19.3 Å². The molecule has 20 heavy (non-hydrogen) atoms. The van der Waals surface area contributed by atoms with Gasteiger partial charge in [0.1, 0.15) is 6.67 Å². The number of hydrogen-bond donors (Lipinski definition) is 1. The molecule has 0 radical (unpaired) electrons. The standard InChI is InChI=1S/C14H24N2O3S/c1-9(2)11-7-13(18)16(14(11)19)8-15-12(17)5-6-20-10(3)4/h9-11H,5-8H2,1-4H3,(H,15,17). The zero-order valence-corrected chi connectivity index (χ0v) is 13.5. The third-order valence-electron chi connectivity index (χ3n) is 3.30. The van der Waals surface area contributed by atoms with Gasteiger partial charge >= 0.3 is 0 Å². The van der Waals surface area contributed by atoms with Crippen LogP contribution in [-0.4, -0.2) is 40.3 Å². The number of amides is 3. The first-order valence-electron chi connectivity index (χ1n) is 7.05. The topological polar surface area (TPSA) is 66.5 Å². The Hall–Kier alpha value is -1.04. The molecule has 1 heterocycles. The predicted octanol–water partition coefficient (Wildman–Crippen LogP) is 1.62. The van der Waals surface area contributed by atoms with Gasteiger partial charge in [0.2, 0.25) is 17.7 Å². The summed E-state index contributed by atoms with van der Waals surface area (Å²) in [5, 5.41) is 3.15. The van der Waals surface area contributed by atoms with Gasteiger partial charge in [0.05, 0.1) is 0 Å². The van der Waals surface area contributed by atoms with Crippen LogP contribution in [0.15, 0.2) is 0 Å². The number of imide groups is 1. The van der Waals surface area contributed by atoms with Crippen LogP contribution in [0.4, 0.5) is 0 Å². The van der Waals surface area contributed by atoms with Gasteiger partial charge in [-0.05, 0) is 11.2 Å². The SMILES string of the molecule is CC(C)SCCC(=O)NCN1C(=O)CC(C(C)C)C1=O. The molecule has 0 aromatic carbocycles. The van der Waals surface area contributed by atoms with Gasteiger partial charge in [0.25, 0.3) is 0 Å². The fraction of sp³-hybridized carbons (Fsp3) is 0.786. The van der Waals surface area contributed by atoms with Crippen LogP contribution in [0.3, 0.4) is 0 Å². The zero-order valence-electron chi connectivity index (χ0n) is 12.6. The molecule has 1 saturated heterocycles. The molecule has 1 rings (SSSR count). The maximum Gasteiger partial charge on any atom is 0.234 e. The summed E-state index contributed by atoms with van der Waals surface area (Å²) in [6.07, 6.45) is 0.669. The number of thioether (sulfide) groups is 1. The van der Waals surface area contributed by atoms with Gasteiger partial charge in [0.15, 0.2) is 0 Å². The van der Waals surface area contributed by atoms with Crippen molar-refractivity contribution in [3.8, 4) is 0 Å². The van der Waals surface area contributed by atoms with Crippen LogP contribution >= 0.6 is 11.8 Å². The highest BCUT2D eigenvalue weighted by Gasteiger charge is 2.39. The van der Waals surface area contributed by atoms with E-state index >= 15 is 0 Å². The average molecular weight is 300 g/mol. The number of nitrogens with zero attached hydrogens (tertiary/aromatic N) is 1. The van der Waals surface area contributed by atoms with Gasteiger partial charge < -0.3 is 5.32 Å². The second kappa shape index (κ2) is 7.67. The molecule has 0 saturated carbocycles. The molecule has 1 fully saturated rings. The van der Waals surface area contributed by atoms with Crippen LogP contribution in [0.1, 0.15) is 40.5 Å². The third kappa shape index (κ3) is 4.81. The van der Waals surface area contributed by atoms with Crippen LogP contribution in [0.2, 0.25) is 0 Å². The van der Waals surface area contributed by atoms with E-state index in [-0.39, 0.29) is 42.6 Å². The fourth-order valence-corrected chi connectivity index (χ4v) is 2.81. The lowest BCUT2D eigenvalue weighted by molar-refractivity contribution is -0.140. The molecule has 1 atom stereocenters. The van der Waals surface area contributed by atoms with Crippen molar-refractivity contribution in [1.82, 2.24) is 10.2 Å². The molecular weight excluding hydrogens is 276 g/mol. The summed E-state index contributed by atoms with van der Waals surface area (Å²) in [4.78, 5) is 36.6. The lowest BCUT2D eigenvalue weighted by Crippen LogP contribution is -2.41. The molecule has 1 aliphatic rings.